The molecule has 1 aliphatic rings. The van der Waals surface area contributed by atoms with Crippen LogP contribution in [0.1, 0.15) is 20.3 Å². The van der Waals surface area contributed by atoms with Crippen molar-refractivity contribution in [2.75, 3.05) is 27.3 Å². The van der Waals surface area contributed by atoms with Crippen LogP contribution < -0.4 is 5.73 Å². The lowest BCUT2D eigenvalue weighted by atomic mass is 9.84. The number of ether oxygens (including phenoxy) is 2. The van der Waals surface area contributed by atoms with Gasteiger partial charge in [0.05, 0.1) is 0 Å². The first kappa shape index (κ1) is 15.7. The van der Waals surface area contributed by atoms with Crippen LogP contribution in [0.5, 0.6) is 0 Å². The van der Waals surface area contributed by atoms with E-state index >= 15 is 0 Å². The van der Waals surface area contributed by atoms with Crippen LogP contribution in [0.15, 0.2) is 5.16 Å². The molecule has 0 aromatic carbocycles. The minimum atomic E-state index is -1.00. The number of carbonyl (C=O) groups excluding carboxylic acids is 1. The van der Waals surface area contributed by atoms with Crippen LogP contribution in [-0.4, -0.2) is 61.4 Å². The molecular weight excluding hydrogens is 250 g/mol. The summed E-state index contributed by atoms with van der Waals surface area (Å²) in [6.07, 6.45) is 0.151. The fourth-order valence-electron chi connectivity index (χ4n) is 2.26. The summed E-state index contributed by atoms with van der Waals surface area (Å²) < 4.78 is 10.6. The molecule has 0 spiro atoms. The second-order valence-electron chi connectivity index (χ2n) is 4.93. The van der Waals surface area contributed by atoms with Gasteiger partial charge in [-0.05, 0) is 13.3 Å². The highest BCUT2D eigenvalue weighted by Crippen LogP contribution is 2.28. The van der Waals surface area contributed by atoms with E-state index in [1.165, 1.54) is 0 Å². The van der Waals surface area contributed by atoms with Gasteiger partial charge in [-0.25, -0.2) is 0 Å². The van der Waals surface area contributed by atoms with Crippen LogP contribution >= 0.6 is 0 Å². The van der Waals surface area contributed by atoms with Gasteiger partial charge in [-0.2, -0.15) is 0 Å². The number of oxime groups is 1. The number of carbonyl (C=O) groups is 1. The quantitative estimate of drug-likeness (QED) is 0.318. The fraction of sp³-hybridized carbons (Fsp3) is 0.833. The number of hydrogen-bond acceptors (Lipinski definition) is 5. The summed E-state index contributed by atoms with van der Waals surface area (Å²) in [7, 11) is 3.18. The Bertz CT molecular complexity index is 349. The number of rotatable bonds is 5. The van der Waals surface area contributed by atoms with Crippen molar-refractivity contribution in [2.45, 2.75) is 32.5 Å². The van der Waals surface area contributed by atoms with Crippen molar-refractivity contribution >= 4 is 11.7 Å². The first-order valence-electron chi connectivity index (χ1n) is 6.27. The van der Waals surface area contributed by atoms with Gasteiger partial charge < -0.3 is 25.3 Å². The Kier molecular flexibility index (Phi) is 5.13. The predicted molar refractivity (Wildman–Crippen MR) is 70.0 cm³/mol. The first-order valence-corrected chi connectivity index (χ1v) is 6.27. The standard InChI is InChI=1S/C12H23N3O4/c1-5-12(2,10(13)14-17)11(16)15-6-8(18-3)9(7-15)19-4/h8-9,17H,5-7H2,1-4H3,(H2,13,14). The smallest absolute Gasteiger partial charge is 0.236 e. The van der Waals surface area contributed by atoms with Gasteiger partial charge in [0.15, 0.2) is 5.84 Å². The highest BCUT2D eigenvalue weighted by Gasteiger charge is 2.44. The summed E-state index contributed by atoms with van der Waals surface area (Å²) in [4.78, 5) is 14.2. The molecule has 3 atom stereocenters. The maximum atomic E-state index is 12.6. The number of nitrogens with two attached hydrogens (primary N) is 1. The summed E-state index contributed by atoms with van der Waals surface area (Å²) >= 11 is 0. The Hall–Kier alpha value is -1.34. The van der Waals surface area contributed by atoms with E-state index in [0.29, 0.717) is 19.5 Å². The van der Waals surface area contributed by atoms with Crippen molar-refractivity contribution in [1.29, 1.82) is 0 Å². The van der Waals surface area contributed by atoms with Gasteiger partial charge in [0, 0.05) is 27.3 Å². The molecule has 1 fully saturated rings. The third kappa shape index (κ3) is 2.82. The number of amides is 1. The summed E-state index contributed by atoms with van der Waals surface area (Å²) in [6, 6.07) is 0. The molecule has 1 amide bonds. The van der Waals surface area contributed by atoms with Crippen molar-refractivity contribution in [3.8, 4) is 0 Å². The molecule has 19 heavy (non-hydrogen) atoms. The lowest BCUT2D eigenvalue weighted by Crippen LogP contribution is -2.49. The maximum absolute atomic E-state index is 12.6. The zero-order valence-corrected chi connectivity index (χ0v) is 11.9. The van der Waals surface area contributed by atoms with E-state index in [0.717, 1.165) is 0 Å². The minimum absolute atomic E-state index is 0.0742. The average molecular weight is 273 g/mol. The average Bonchev–Trinajstić information content (AvgIpc) is 2.87. The van der Waals surface area contributed by atoms with Gasteiger partial charge >= 0.3 is 0 Å². The van der Waals surface area contributed by atoms with Crippen LogP contribution in [0.25, 0.3) is 0 Å². The largest absolute Gasteiger partial charge is 0.409 e. The van der Waals surface area contributed by atoms with Gasteiger partial charge in [0.2, 0.25) is 5.91 Å². The molecule has 0 bridgehead atoms. The Morgan fingerprint density at radius 2 is 1.89 bits per heavy atom. The Morgan fingerprint density at radius 3 is 2.21 bits per heavy atom. The second kappa shape index (κ2) is 6.21. The SMILES string of the molecule is CCC(C)(C(=O)N1CC(OC)C(OC)C1)C(N)=NO. The minimum Gasteiger partial charge on any atom is -0.409 e. The van der Waals surface area contributed by atoms with E-state index in [4.69, 9.17) is 20.4 Å². The van der Waals surface area contributed by atoms with Gasteiger partial charge in [0.1, 0.15) is 17.6 Å². The van der Waals surface area contributed by atoms with Crippen LogP contribution in [0.2, 0.25) is 0 Å². The molecular formula is C12H23N3O4. The third-order valence-electron chi connectivity index (χ3n) is 3.96. The summed E-state index contributed by atoms with van der Waals surface area (Å²) in [5.41, 5.74) is 4.65. The molecule has 1 heterocycles. The van der Waals surface area contributed by atoms with Crippen LogP contribution in [0, 0.1) is 5.41 Å². The van der Waals surface area contributed by atoms with E-state index in [9.17, 15) is 4.79 Å². The molecule has 1 rings (SSSR count). The zero-order valence-electron chi connectivity index (χ0n) is 11.9. The third-order valence-corrected chi connectivity index (χ3v) is 3.96. The molecule has 0 aliphatic carbocycles. The summed E-state index contributed by atoms with van der Waals surface area (Å²) in [6.45, 7) is 4.39. The van der Waals surface area contributed by atoms with Crippen molar-refractivity contribution < 1.29 is 19.5 Å². The summed E-state index contributed by atoms with van der Waals surface area (Å²) in [5.74, 6) is -0.248. The molecule has 3 unspecified atom stereocenters. The molecule has 0 radical (unpaired) electrons. The summed E-state index contributed by atoms with van der Waals surface area (Å²) in [5, 5.41) is 11.8. The normalized spacial score (nSPS) is 27.4. The zero-order chi connectivity index (χ0) is 14.6. The van der Waals surface area contributed by atoms with E-state index in [1.54, 1.807) is 26.0 Å². The highest BCUT2D eigenvalue weighted by molar-refractivity contribution is 6.06. The number of amidine groups is 1. The topological polar surface area (TPSA) is 97.4 Å². The number of methoxy groups -OCH3 is 2. The number of nitrogens with zero attached hydrogens (tertiary/aromatic N) is 2. The van der Waals surface area contributed by atoms with Crippen molar-refractivity contribution in [3.63, 3.8) is 0 Å². The van der Waals surface area contributed by atoms with Crippen LogP contribution in [0.3, 0.4) is 0 Å². The second-order valence-corrected chi connectivity index (χ2v) is 4.93. The van der Waals surface area contributed by atoms with Gasteiger partial charge in [-0.15, -0.1) is 0 Å². The van der Waals surface area contributed by atoms with E-state index in [1.807, 2.05) is 6.92 Å². The molecule has 3 N–H and O–H groups in total. The highest BCUT2D eigenvalue weighted by atomic mass is 16.5. The molecule has 7 nitrogen and oxygen atoms in total. The lowest BCUT2D eigenvalue weighted by molar-refractivity contribution is -0.137. The molecule has 0 saturated carbocycles. The van der Waals surface area contributed by atoms with E-state index < -0.39 is 5.41 Å². The Labute approximate surface area is 113 Å². The lowest BCUT2D eigenvalue weighted by Gasteiger charge is -2.30. The molecule has 1 aliphatic heterocycles. The van der Waals surface area contributed by atoms with Crippen LogP contribution in [0.4, 0.5) is 0 Å². The van der Waals surface area contributed by atoms with E-state index in [-0.39, 0.29) is 24.0 Å². The van der Waals surface area contributed by atoms with Crippen molar-refractivity contribution in [2.24, 2.45) is 16.3 Å². The fourth-order valence-corrected chi connectivity index (χ4v) is 2.26. The van der Waals surface area contributed by atoms with Gasteiger partial charge in [-0.1, -0.05) is 12.1 Å². The first-order chi connectivity index (χ1) is 8.94. The molecule has 110 valence electrons. The Balaban J connectivity index is 2.89. The molecule has 7 heteroatoms. The maximum Gasteiger partial charge on any atom is 0.236 e. The van der Waals surface area contributed by atoms with Gasteiger partial charge in [-0.3, -0.25) is 4.79 Å². The number of hydrogen-bond donors (Lipinski definition) is 2. The molecule has 0 aromatic rings. The van der Waals surface area contributed by atoms with Crippen molar-refractivity contribution in [3.05, 3.63) is 0 Å². The number of likely N-dealkylation sites (tertiary alicyclic amines) is 1. The van der Waals surface area contributed by atoms with Crippen molar-refractivity contribution in [1.82, 2.24) is 4.90 Å². The Morgan fingerprint density at radius 1 is 1.42 bits per heavy atom. The monoisotopic (exact) mass is 273 g/mol. The van der Waals surface area contributed by atoms with Crippen LogP contribution in [-0.2, 0) is 14.3 Å². The predicted octanol–water partition coefficient (Wildman–Crippen LogP) is 0.0213. The van der Waals surface area contributed by atoms with E-state index in [2.05, 4.69) is 5.16 Å². The molecule has 1 saturated heterocycles. The molecule has 0 aromatic heterocycles. The van der Waals surface area contributed by atoms with Gasteiger partial charge in [0.25, 0.3) is 0 Å².